The van der Waals surface area contributed by atoms with Gasteiger partial charge in [0.25, 0.3) is 5.91 Å². The molecule has 0 unspecified atom stereocenters. The molecule has 0 fully saturated rings. The molecule has 1 heterocycles. The number of carbonyl (C=O) groups is 2. The third kappa shape index (κ3) is 5.44. The van der Waals surface area contributed by atoms with Crippen molar-refractivity contribution in [3.8, 4) is 22.7 Å². The second-order valence-corrected chi connectivity index (χ2v) is 7.03. The third-order valence-electron chi connectivity index (χ3n) is 4.70. The van der Waals surface area contributed by atoms with E-state index in [2.05, 4.69) is 15.2 Å². The summed E-state index contributed by atoms with van der Waals surface area (Å²) in [6.07, 6.45) is 0. The number of hydrogen-bond acceptors (Lipinski definition) is 5. The lowest BCUT2D eigenvalue weighted by molar-refractivity contribution is -0.119. The number of rotatable bonds is 8. The van der Waals surface area contributed by atoms with Crippen molar-refractivity contribution in [1.82, 2.24) is 9.78 Å². The summed E-state index contributed by atoms with van der Waals surface area (Å²) >= 11 is 0. The van der Waals surface area contributed by atoms with Crippen molar-refractivity contribution in [2.75, 3.05) is 11.9 Å². The maximum absolute atomic E-state index is 12.9. The average molecular weight is 463 g/mol. The van der Waals surface area contributed by atoms with E-state index < -0.39 is 25.1 Å². The Morgan fingerprint density at radius 2 is 1.56 bits per heavy atom. The first-order valence-corrected chi connectivity index (χ1v) is 10.2. The average Bonchev–Trinajstić information content (AvgIpc) is 3.30. The molecule has 0 radical (unpaired) electrons. The number of halogens is 2. The van der Waals surface area contributed by atoms with Gasteiger partial charge in [0, 0.05) is 5.56 Å². The van der Waals surface area contributed by atoms with E-state index in [9.17, 15) is 18.4 Å². The number of carbonyl (C=O) groups excluding carboxylic acids is 2. The standard InChI is InChI=1S/C25H19F2N3O4/c26-25(27)34-22-14-8-7-13-19(22)28-23(31)16-33-24(32)21-15-20(17-9-3-1-4-10-17)29-30(21)18-11-5-2-6-12-18/h1-15,25H,16H2,(H,28,31). The van der Waals surface area contributed by atoms with Crippen LogP contribution in [0.25, 0.3) is 16.9 Å². The van der Waals surface area contributed by atoms with E-state index in [-0.39, 0.29) is 17.1 Å². The molecule has 4 aromatic rings. The maximum atomic E-state index is 12.9. The van der Waals surface area contributed by atoms with Crippen LogP contribution in [0.3, 0.4) is 0 Å². The van der Waals surface area contributed by atoms with Gasteiger partial charge < -0.3 is 14.8 Å². The van der Waals surface area contributed by atoms with Crippen molar-refractivity contribution < 1.29 is 27.8 Å². The highest BCUT2D eigenvalue weighted by molar-refractivity contribution is 5.96. The van der Waals surface area contributed by atoms with Crippen molar-refractivity contribution in [3.05, 3.63) is 96.7 Å². The zero-order chi connectivity index (χ0) is 23.9. The number of nitrogens with one attached hydrogen (secondary N) is 1. The molecular formula is C25H19F2N3O4. The number of esters is 1. The van der Waals surface area contributed by atoms with Gasteiger partial charge in [-0.2, -0.15) is 13.9 Å². The van der Waals surface area contributed by atoms with Gasteiger partial charge in [0.1, 0.15) is 5.75 Å². The van der Waals surface area contributed by atoms with Crippen molar-refractivity contribution in [2.45, 2.75) is 6.61 Å². The van der Waals surface area contributed by atoms with Gasteiger partial charge in [0.05, 0.1) is 17.1 Å². The molecule has 0 aliphatic carbocycles. The van der Waals surface area contributed by atoms with Crippen LogP contribution < -0.4 is 10.1 Å². The predicted octanol–water partition coefficient (Wildman–Crippen LogP) is 4.94. The fraction of sp³-hybridized carbons (Fsp3) is 0.0800. The van der Waals surface area contributed by atoms with Gasteiger partial charge in [-0.15, -0.1) is 0 Å². The van der Waals surface area contributed by atoms with Crippen LogP contribution in [0.4, 0.5) is 14.5 Å². The number of benzene rings is 3. The van der Waals surface area contributed by atoms with Crippen LogP contribution in [-0.2, 0) is 9.53 Å². The number of hydrogen-bond donors (Lipinski definition) is 1. The van der Waals surface area contributed by atoms with E-state index in [0.717, 1.165) is 5.56 Å². The van der Waals surface area contributed by atoms with E-state index in [0.29, 0.717) is 11.4 Å². The lowest BCUT2D eigenvalue weighted by Crippen LogP contribution is -2.22. The first-order valence-electron chi connectivity index (χ1n) is 10.2. The van der Waals surface area contributed by atoms with Crippen LogP contribution in [0.2, 0.25) is 0 Å². The number of anilines is 1. The molecule has 172 valence electrons. The zero-order valence-electron chi connectivity index (χ0n) is 17.7. The van der Waals surface area contributed by atoms with Crippen LogP contribution in [0.15, 0.2) is 91.0 Å². The van der Waals surface area contributed by atoms with E-state index in [1.807, 2.05) is 36.4 Å². The number of amides is 1. The fourth-order valence-electron chi connectivity index (χ4n) is 3.20. The van der Waals surface area contributed by atoms with Gasteiger partial charge >= 0.3 is 12.6 Å². The Hall–Kier alpha value is -4.53. The highest BCUT2D eigenvalue weighted by atomic mass is 19.3. The summed E-state index contributed by atoms with van der Waals surface area (Å²) in [6, 6.07) is 25.6. The summed E-state index contributed by atoms with van der Waals surface area (Å²) < 4.78 is 36.2. The highest BCUT2D eigenvalue weighted by Gasteiger charge is 2.20. The SMILES string of the molecule is O=C(COC(=O)c1cc(-c2ccccc2)nn1-c1ccccc1)Nc1ccccc1OC(F)F. The Labute approximate surface area is 193 Å². The summed E-state index contributed by atoms with van der Waals surface area (Å²) in [4.78, 5) is 25.2. The first kappa shape index (κ1) is 22.7. The molecule has 9 heteroatoms. The van der Waals surface area contributed by atoms with Crippen LogP contribution in [-0.4, -0.2) is 34.9 Å². The van der Waals surface area contributed by atoms with E-state index >= 15 is 0 Å². The maximum Gasteiger partial charge on any atom is 0.387 e. The highest BCUT2D eigenvalue weighted by Crippen LogP contribution is 2.26. The molecule has 7 nitrogen and oxygen atoms in total. The zero-order valence-corrected chi connectivity index (χ0v) is 17.7. The van der Waals surface area contributed by atoms with Crippen molar-refractivity contribution in [1.29, 1.82) is 0 Å². The summed E-state index contributed by atoms with van der Waals surface area (Å²) in [5, 5.41) is 6.94. The topological polar surface area (TPSA) is 82.5 Å². The van der Waals surface area contributed by atoms with Gasteiger partial charge in [0.2, 0.25) is 0 Å². The second kappa shape index (κ2) is 10.4. The number of nitrogens with zero attached hydrogens (tertiary/aromatic N) is 2. The van der Waals surface area contributed by atoms with Crippen LogP contribution in [0.1, 0.15) is 10.5 Å². The largest absolute Gasteiger partial charge is 0.451 e. The number of aromatic nitrogens is 2. The van der Waals surface area contributed by atoms with Gasteiger partial charge in [-0.25, -0.2) is 9.48 Å². The lowest BCUT2D eigenvalue weighted by atomic mass is 10.1. The molecule has 0 saturated carbocycles. The van der Waals surface area contributed by atoms with E-state index in [4.69, 9.17) is 4.74 Å². The van der Waals surface area contributed by atoms with Crippen molar-refractivity contribution >= 4 is 17.6 Å². The fourth-order valence-corrected chi connectivity index (χ4v) is 3.20. The summed E-state index contributed by atoms with van der Waals surface area (Å²) in [5.41, 5.74) is 2.15. The van der Waals surface area contributed by atoms with Gasteiger partial charge in [0.15, 0.2) is 12.3 Å². The minimum Gasteiger partial charge on any atom is -0.451 e. The molecule has 1 amide bonds. The first-order chi connectivity index (χ1) is 16.5. The van der Waals surface area contributed by atoms with Crippen LogP contribution in [0, 0.1) is 0 Å². The Morgan fingerprint density at radius 1 is 0.912 bits per heavy atom. The summed E-state index contributed by atoms with van der Waals surface area (Å²) in [6.45, 7) is -3.68. The molecule has 1 aromatic heterocycles. The van der Waals surface area contributed by atoms with Crippen molar-refractivity contribution in [3.63, 3.8) is 0 Å². The minimum absolute atomic E-state index is 0.0320. The van der Waals surface area contributed by atoms with E-state index in [1.54, 1.807) is 36.4 Å². The normalized spacial score (nSPS) is 10.7. The molecule has 34 heavy (non-hydrogen) atoms. The number of para-hydroxylation sites is 3. The molecule has 3 aromatic carbocycles. The smallest absolute Gasteiger partial charge is 0.387 e. The second-order valence-electron chi connectivity index (χ2n) is 7.03. The Balaban J connectivity index is 1.51. The lowest BCUT2D eigenvalue weighted by Gasteiger charge is -2.12. The molecule has 0 aliphatic rings. The quantitative estimate of drug-likeness (QED) is 0.375. The molecule has 0 spiro atoms. The number of alkyl halides is 2. The number of ether oxygens (including phenoxy) is 2. The van der Waals surface area contributed by atoms with Crippen LogP contribution in [0.5, 0.6) is 5.75 Å². The predicted molar refractivity (Wildman–Crippen MR) is 121 cm³/mol. The van der Waals surface area contributed by atoms with Gasteiger partial charge in [-0.3, -0.25) is 4.79 Å². The summed E-state index contributed by atoms with van der Waals surface area (Å²) in [7, 11) is 0. The van der Waals surface area contributed by atoms with Gasteiger partial charge in [-0.1, -0.05) is 60.7 Å². The molecule has 4 rings (SSSR count). The third-order valence-corrected chi connectivity index (χ3v) is 4.70. The van der Waals surface area contributed by atoms with Crippen LogP contribution >= 0.6 is 0 Å². The molecular weight excluding hydrogens is 444 g/mol. The Bertz CT molecular complexity index is 1280. The molecule has 0 bridgehead atoms. The molecule has 0 aliphatic heterocycles. The Morgan fingerprint density at radius 3 is 2.26 bits per heavy atom. The monoisotopic (exact) mass is 463 g/mol. The summed E-state index contributed by atoms with van der Waals surface area (Å²) in [5.74, 6) is -1.69. The Kier molecular flexibility index (Phi) is 6.92. The van der Waals surface area contributed by atoms with E-state index in [1.165, 1.54) is 22.9 Å². The van der Waals surface area contributed by atoms with Crippen molar-refractivity contribution in [2.24, 2.45) is 0 Å². The molecule has 1 N–H and O–H groups in total. The minimum atomic E-state index is -3.05. The van der Waals surface area contributed by atoms with Gasteiger partial charge in [-0.05, 0) is 30.3 Å². The molecule has 0 atom stereocenters. The molecule has 0 saturated heterocycles.